The third-order valence-electron chi connectivity index (χ3n) is 2.71. The minimum Gasteiger partial charge on any atom is -0.478 e. The molecule has 0 unspecified atom stereocenters. The zero-order chi connectivity index (χ0) is 15.4. The Balaban J connectivity index is 2.41. The number of benzene rings is 2. The number of aromatic carboxylic acids is 1. The molecule has 0 aliphatic rings. The highest BCUT2D eigenvalue weighted by Crippen LogP contribution is 2.29. The quantitative estimate of drug-likeness (QED) is 0.658. The molecule has 0 saturated heterocycles. The number of carbonyl (C=O) groups is 1. The van der Waals surface area contributed by atoms with Gasteiger partial charge in [0.1, 0.15) is 5.69 Å². The highest BCUT2D eigenvalue weighted by atomic mass is 16.6. The lowest BCUT2D eigenvalue weighted by Crippen LogP contribution is -2.01. The van der Waals surface area contributed by atoms with E-state index in [1.54, 1.807) is 18.2 Å². The number of carboxylic acids is 1. The first-order chi connectivity index (χ1) is 10.0. The molecule has 2 N–H and O–H groups in total. The number of nitro groups is 1. The van der Waals surface area contributed by atoms with Crippen molar-refractivity contribution < 1.29 is 14.8 Å². The average molecular weight is 283 g/mol. The fraction of sp³-hybridized carbons (Fsp3) is 0. The predicted octanol–water partition coefficient (Wildman–Crippen LogP) is 2.91. The second-order valence-electron chi connectivity index (χ2n) is 4.11. The lowest BCUT2D eigenvalue weighted by atomic mass is 10.1. The van der Waals surface area contributed by atoms with Gasteiger partial charge in [0.25, 0.3) is 5.69 Å². The number of hydrogen-bond donors (Lipinski definition) is 2. The topological polar surface area (TPSA) is 116 Å². The van der Waals surface area contributed by atoms with Gasteiger partial charge in [0, 0.05) is 11.8 Å². The molecule has 7 nitrogen and oxygen atoms in total. The van der Waals surface area contributed by atoms with Gasteiger partial charge in [0.15, 0.2) is 0 Å². The molecule has 0 aliphatic carbocycles. The molecule has 0 bridgehead atoms. The Bertz CT molecular complexity index is 765. The van der Waals surface area contributed by atoms with Gasteiger partial charge in [0.2, 0.25) is 0 Å². The number of anilines is 2. The Morgan fingerprint density at radius 3 is 2.67 bits per heavy atom. The number of carboxylic acid groups (broad SMARTS) is 1. The van der Waals surface area contributed by atoms with Gasteiger partial charge < -0.3 is 10.4 Å². The monoisotopic (exact) mass is 283 g/mol. The van der Waals surface area contributed by atoms with E-state index in [4.69, 9.17) is 10.4 Å². The maximum absolute atomic E-state index is 11.0. The molecule has 104 valence electrons. The van der Waals surface area contributed by atoms with Crippen molar-refractivity contribution in [1.82, 2.24) is 0 Å². The lowest BCUT2D eigenvalue weighted by molar-refractivity contribution is -0.383. The minimum absolute atomic E-state index is 0.153. The molecule has 0 aliphatic heterocycles. The Labute approximate surface area is 119 Å². The molecule has 0 spiro atoms. The van der Waals surface area contributed by atoms with Crippen molar-refractivity contribution in [2.24, 2.45) is 0 Å². The molecule has 2 aromatic rings. The van der Waals surface area contributed by atoms with Crippen LogP contribution < -0.4 is 5.32 Å². The SMILES string of the molecule is N#Cc1cccc(Nc2ccc(C(=O)O)cc2[N+](=O)[O-])c1. The molecule has 7 heteroatoms. The Hall–Kier alpha value is -3.40. The van der Waals surface area contributed by atoms with E-state index in [9.17, 15) is 14.9 Å². The summed E-state index contributed by atoms with van der Waals surface area (Å²) >= 11 is 0. The summed E-state index contributed by atoms with van der Waals surface area (Å²) in [7, 11) is 0. The Morgan fingerprint density at radius 1 is 1.29 bits per heavy atom. The van der Waals surface area contributed by atoms with E-state index >= 15 is 0 Å². The van der Waals surface area contributed by atoms with Crippen molar-refractivity contribution in [2.45, 2.75) is 0 Å². The van der Waals surface area contributed by atoms with Gasteiger partial charge in [-0.25, -0.2) is 4.79 Å². The molecular weight excluding hydrogens is 274 g/mol. The highest BCUT2D eigenvalue weighted by molar-refractivity contribution is 5.90. The van der Waals surface area contributed by atoms with Gasteiger partial charge in [-0.2, -0.15) is 5.26 Å². The van der Waals surface area contributed by atoms with Gasteiger partial charge >= 0.3 is 5.97 Å². The van der Waals surface area contributed by atoms with Crippen LogP contribution in [0.5, 0.6) is 0 Å². The van der Waals surface area contributed by atoms with E-state index in [2.05, 4.69) is 5.32 Å². The standard InChI is InChI=1S/C14H9N3O4/c15-8-9-2-1-3-11(6-9)16-12-5-4-10(14(18)19)7-13(12)17(20)21/h1-7,16H,(H,18,19). The van der Waals surface area contributed by atoms with Crippen LogP contribution in [0.3, 0.4) is 0 Å². The number of rotatable bonds is 4. The molecular formula is C14H9N3O4. The van der Waals surface area contributed by atoms with Crippen LogP contribution in [0, 0.1) is 21.4 Å². The fourth-order valence-corrected chi connectivity index (χ4v) is 1.74. The molecule has 0 saturated carbocycles. The molecule has 0 radical (unpaired) electrons. The van der Waals surface area contributed by atoms with Crippen molar-refractivity contribution in [3.05, 3.63) is 63.7 Å². The van der Waals surface area contributed by atoms with Gasteiger partial charge in [-0.1, -0.05) is 6.07 Å². The molecule has 0 aromatic heterocycles. The zero-order valence-corrected chi connectivity index (χ0v) is 10.6. The Morgan fingerprint density at radius 2 is 2.05 bits per heavy atom. The van der Waals surface area contributed by atoms with E-state index in [0.29, 0.717) is 11.3 Å². The summed E-state index contributed by atoms with van der Waals surface area (Å²) in [5.74, 6) is -1.24. The van der Waals surface area contributed by atoms with Crippen molar-refractivity contribution in [3.8, 4) is 6.07 Å². The molecule has 2 aromatic carbocycles. The highest BCUT2D eigenvalue weighted by Gasteiger charge is 2.17. The first-order valence-electron chi connectivity index (χ1n) is 5.80. The zero-order valence-electron chi connectivity index (χ0n) is 10.6. The van der Waals surface area contributed by atoms with Crippen molar-refractivity contribution in [2.75, 3.05) is 5.32 Å². The molecule has 2 rings (SSSR count). The van der Waals surface area contributed by atoms with Crippen LogP contribution >= 0.6 is 0 Å². The maximum atomic E-state index is 11.0. The summed E-state index contributed by atoms with van der Waals surface area (Å²) in [6, 6.07) is 12.0. The molecule has 0 amide bonds. The van der Waals surface area contributed by atoms with E-state index in [1.807, 2.05) is 6.07 Å². The molecule has 0 fully saturated rings. The second-order valence-corrected chi connectivity index (χ2v) is 4.11. The van der Waals surface area contributed by atoms with Gasteiger partial charge in [-0.15, -0.1) is 0 Å². The van der Waals surface area contributed by atoms with Gasteiger partial charge in [-0.3, -0.25) is 10.1 Å². The minimum atomic E-state index is -1.24. The van der Waals surface area contributed by atoms with Crippen LogP contribution in [0.15, 0.2) is 42.5 Å². The van der Waals surface area contributed by atoms with Crippen LogP contribution in [-0.2, 0) is 0 Å². The number of hydrogen-bond acceptors (Lipinski definition) is 5. The summed E-state index contributed by atoms with van der Waals surface area (Å²) < 4.78 is 0. The van der Waals surface area contributed by atoms with Crippen LogP contribution in [0.4, 0.5) is 17.1 Å². The van der Waals surface area contributed by atoms with E-state index in [1.165, 1.54) is 18.2 Å². The van der Waals surface area contributed by atoms with E-state index in [-0.39, 0.29) is 16.9 Å². The average Bonchev–Trinajstić information content (AvgIpc) is 2.47. The van der Waals surface area contributed by atoms with Gasteiger partial charge in [0.05, 0.1) is 22.1 Å². The van der Waals surface area contributed by atoms with E-state index < -0.39 is 10.9 Å². The normalized spacial score (nSPS) is 9.67. The summed E-state index contributed by atoms with van der Waals surface area (Å²) in [6.07, 6.45) is 0. The maximum Gasteiger partial charge on any atom is 0.335 e. The largest absolute Gasteiger partial charge is 0.478 e. The first-order valence-corrected chi connectivity index (χ1v) is 5.80. The smallest absolute Gasteiger partial charge is 0.335 e. The number of nitro benzene ring substituents is 1. The van der Waals surface area contributed by atoms with Crippen molar-refractivity contribution in [3.63, 3.8) is 0 Å². The third-order valence-corrected chi connectivity index (χ3v) is 2.71. The van der Waals surface area contributed by atoms with E-state index in [0.717, 1.165) is 6.07 Å². The first kappa shape index (κ1) is 14.0. The summed E-state index contributed by atoms with van der Waals surface area (Å²) in [6.45, 7) is 0. The number of nitrogens with one attached hydrogen (secondary N) is 1. The fourth-order valence-electron chi connectivity index (χ4n) is 1.74. The predicted molar refractivity (Wildman–Crippen MR) is 74.5 cm³/mol. The van der Waals surface area contributed by atoms with Crippen molar-refractivity contribution in [1.29, 1.82) is 5.26 Å². The second kappa shape index (κ2) is 5.71. The van der Waals surface area contributed by atoms with Crippen LogP contribution in [0.1, 0.15) is 15.9 Å². The van der Waals surface area contributed by atoms with Gasteiger partial charge in [-0.05, 0) is 30.3 Å². The summed E-state index contributed by atoms with van der Waals surface area (Å²) in [4.78, 5) is 21.2. The number of nitriles is 1. The molecule has 0 atom stereocenters. The third kappa shape index (κ3) is 3.13. The van der Waals surface area contributed by atoms with Crippen LogP contribution in [0.2, 0.25) is 0 Å². The number of nitrogens with zero attached hydrogens (tertiary/aromatic N) is 2. The van der Waals surface area contributed by atoms with Crippen molar-refractivity contribution >= 4 is 23.0 Å². The Kier molecular flexibility index (Phi) is 3.81. The summed E-state index contributed by atoms with van der Waals surface area (Å²) in [5, 5.41) is 31.5. The molecule has 21 heavy (non-hydrogen) atoms. The molecule has 0 heterocycles. The van der Waals surface area contributed by atoms with Crippen LogP contribution in [-0.4, -0.2) is 16.0 Å². The lowest BCUT2D eigenvalue weighted by Gasteiger charge is -2.08. The van der Waals surface area contributed by atoms with Crippen LogP contribution in [0.25, 0.3) is 0 Å². The summed E-state index contributed by atoms with van der Waals surface area (Å²) in [5.41, 5.74) is 0.542.